The molecule has 1 fully saturated rings. The summed E-state index contributed by atoms with van der Waals surface area (Å²) in [5.41, 5.74) is 6.90. The smallest absolute Gasteiger partial charge is 0.150 e. The lowest BCUT2D eigenvalue weighted by atomic mass is 9.95. The summed E-state index contributed by atoms with van der Waals surface area (Å²) in [5, 5.41) is 0. The summed E-state index contributed by atoms with van der Waals surface area (Å²) < 4.78 is 36.8. The van der Waals surface area contributed by atoms with Gasteiger partial charge in [0.1, 0.15) is 6.17 Å². The number of nitrogens with two attached hydrogens (primary N) is 1. The molecule has 17 heavy (non-hydrogen) atoms. The van der Waals surface area contributed by atoms with E-state index in [-0.39, 0.29) is 11.5 Å². The molecule has 1 aromatic carbocycles. The van der Waals surface area contributed by atoms with Crippen LogP contribution in [0, 0.1) is 5.92 Å². The molecule has 5 heteroatoms. The van der Waals surface area contributed by atoms with Gasteiger partial charge < -0.3 is 5.73 Å². The summed E-state index contributed by atoms with van der Waals surface area (Å²) >= 11 is 0. The first-order valence-corrected chi connectivity index (χ1v) is 7.47. The quantitative estimate of drug-likeness (QED) is 0.894. The van der Waals surface area contributed by atoms with Crippen molar-refractivity contribution in [1.29, 1.82) is 0 Å². The van der Waals surface area contributed by atoms with E-state index in [1.54, 1.807) is 18.2 Å². The first-order chi connectivity index (χ1) is 8.02. The van der Waals surface area contributed by atoms with E-state index in [0.29, 0.717) is 18.5 Å². The molecule has 0 amide bonds. The molecule has 94 valence electrons. The van der Waals surface area contributed by atoms with Crippen LogP contribution in [0.25, 0.3) is 0 Å². The van der Waals surface area contributed by atoms with Crippen molar-refractivity contribution in [3.05, 3.63) is 35.4 Å². The van der Waals surface area contributed by atoms with E-state index in [2.05, 4.69) is 0 Å². The van der Waals surface area contributed by atoms with Gasteiger partial charge in [0.25, 0.3) is 0 Å². The predicted octanol–water partition coefficient (Wildman–Crippen LogP) is 1.59. The SMILES string of the molecule is NCc1cccc(C(F)C2CCS(=O)(=O)C2)c1. The van der Waals surface area contributed by atoms with Gasteiger partial charge in [0, 0.05) is 12.5 Å². The van der Waals surface area contributed by atoms with Crippen molar-refractivity contribution >= 4 is 9.84 Å². The Labute approximate surface area is 101 Å². The van der Waals surface area contributed by atoms with Crippen LogP contribution in [-0.2, 0) is 16.4 Å². The average Bonchev–Trinajstić information content (AvgIpc) is 2.69. The van der Waals surface area contributed by atoms with E-state index in [4.69, 9.17) is 5.73 Å². The second kappa shape index (κ2) is 4.74. The van der Waals surface area contributed by atoms with Crippen LogP contribution >= 0.6 is 0 Å². The third-order valence-electron chi connectivity index (χ3n) is 3.19. The molecule has 1 heterocycles. The molecular weight excluding hydrogens is 241 g/mol. The third-order valence-corrected chi connectivity index (χ3v) is 4.98. The lowest BCUT2D eigenvalue weighted by Crippen LogP contribution is -2.11. The van der Waals surface area contributed by atoms with Gasteiger partial charge in [-0.3, -0.25) is 0 Å². The summed E-state index contributed by atoms with van der Waals surface area (Å²) in [6.07, 6.45) is -0.796. The monoisotopic (exact) mass is 257 g/mol. The van der Waals surface area contributed by atoms with E-state index < -0.39 is 21.9 Å². The minimum atomic E-state index is -3.03. The first kappa shape index (κ1) is 12.5. The van der Waals surface area contributed by atoms with Crippen molar-refractivity contribution < 1.29 is 12.8 Å². The van der Waals surface area contributed by atoms with E-state index in [9.17, 15) is 12.8 Å². The maximum absolute atomic E-state index is 14.2. The van der Waals surface area contributed by atoms with E-state index in [0.717, 1.165) is 5.56 Å². The first-order valence-electron chi connectivity index (χ1n) is 5.65. The molecule has 0 spiro atoms. The Kier molecular flexibility index (Phi) is 3.49. The Morgan fingerprint density at radius 1 is 1.47 bits per heavy atom. The van der Waals surface area contributed by atoms with Gasteiger partial charge in [-0.2, -0.15) is 0 Å². The Morgan fingerprint density at radius 3 is 2.82 bits per heavy atom. The number of hydrogen-bond acceptors (Lipinski definition) is 3. The Bertz CT molecular complexity index is 501. The van der Waals surface area contributed by atoms with Crippen LogP contribution in [0.5, 0.6) is 0 Å². The number of benzene rings is 1. The molecule has 0 bridgehead atoms. The molecule has 1 aromatic rings. The molecule has 2 unspecified atom stereocenters. The highest BCUT2D eigenvalue weighted by molar-refractivity contribution is 7.91. The van der Waals surface area contributed by atoms with Crippen molar-refractivity contribution in [1.82, 2.24) is 0 Å². The van der Waals surface area contributed by atoms with Crippen LogP contribution in [0.15, 0.2) is 24.3 Å². The minimum Gasteiger partial charge on any atom is -0.326 e. The number of halogens is 1. The van der Waals surface area contributed by atoms with Crippen LogP contribution < -0.4 is 5.73 Å². The molecule has 0 radical (unpaired) electrons. The molecule has 2 atom stereocenters. The molecule has 0 aliphatic carbocycles. The summed E-state index contributed by atoms with van der Waals surface area (Å²) in [6.45, 7) is 0.365. The van der Waals surface area contributed by atoms with Crippen molar-refractivity contribution in [2.75, 3.05) is 11.5 Å². The van der Waals surface area contributed by atoms with Gasteiger partial charge in [-0.15, -0.1) is 0 Å². The number of alkyl halides is 1. The van der Waals surface area contributed by atoms with Crippen LogP contribution in [0.1, 0.15) is 23.7 Å². The molecule has 0 aromatic heterocycles. The zero-order chi connectivity index (χ0) is 12.5. The van der Waals surface area contributed by atoms with Crippen LogP contribution in [0.3, 0.4) is 0 Å². The zero-order valence-electron chi connectivity index (χ0n) is 9.47. The molecule has 1 aliphatic heterocycles. The second-order valence-electron chi connectivity index (χ2n) is 4.51. The van der Waals surface area contributed by atoms with Crippen molar-refractivity contribution in [2.45, 2.75) is 19.1 Å². The van der Waals surface area contributed by atoms with Gasteiger partial charge in [0.15, 0.2) is 9.84 Å². The van der Waals surface area contributed by atoms with Gasteiger partial charge in [0.05, 0.1) is 11.5 Å². The molecular formula is C12H16FNO2S. The van der Waals surface area contributed by atoms with Gasteiger partial charge in [-0.05, 0) is 17.5 Å². The fourth-order valence-electron chi connectivity index (χ4n) is 2.22. The largest absolute Gasteiger partial charge is 0.326 e. The molecule has 1 aliphatic rings. The number of sulfone groups is 1. The number of rotatable bonds is 3. The molecule has 1 saturated heterocycles. The van der Waals surface area contributed by atoms with Crippen molar-refractivity contribution in [3.8, 4) is 0 Å². The van der Waals surface area contributed by atoms with Gasteiger partial charge in [0.2, 0.25) is 0 Å². The summed E-state index contributed by atoms with van der Waals surface area (Å²) in [4.78, 5) is 0. The minimum absolute atomic E-state index is 0.0407. The second-order valence-corrected chi connectivity index (χ2v) is 6.74. The van der Waals surface area contributed by atoms with E-state index >= 15 is 0 Å². The fourth-order valence-corrected chi connectivity index (χ4v) is 4.03. The molecule has 3 nitrogen and oxygen atoms in total. The summed E-state index contributed by atoms with van der Waals surface area (Å²) in [5.74, 6) is -0.344. The third kappa shape index (κ3) is 2.84. The standard InChI is InChI=1S/C12H16FNO2S/c13-12(11-4-5-17(15,16)8-11)10-3-1-2-9(6-10)7-14/h1-3,6,11-12H,4-5,7-8,14H2. The topological polar surface area (TPSA) is 60.2 Å². The maximum atomic E-state index is 14.2. The van der Waals surface area contributed by atoms with Gasteiger partial charge in [-0.1, -0.05) is 24.3 Å². The Hall–Kier alpha value is -0.940. The highest BCUT2D eigenvalue weighted by Gasteiger charge is 2.34. The lowest BCUT2D eigenvalue weighted by Gasteiger charge is -2.15. The average molecular weight is 257 g/mol. The molecule has 2 N–H and O–H groups in total. The maximum Gasteiger partial charge on any atom is 0.150 e. The summed E-state index contributed by atoms with van der Waals surface area (Å²) in [6, 6.07) is 7.00. The van der Waals surface area contributed by atoms with Gasteiger partial charge in [-0.25, -0.2) is 12.8 Å². The summed E-state index contributed by atoms with van der Waals surface area (Å²) in [7, 11) is -3.03. The fraction of sp³-hybridized carbons (Fsp3) is 0.500. The van der Waals surface area contributed by atoms with E-state index in [1.807, 2.05) is 6.07 Å². The highest BCUT2D eigenvalue weighted by Crippen LogP contribution is 2.34. The van der Waals surface area contributed by atoms with Crippen LogP contribution in [0.4, 0.5) is 4.39 Å². The highest BCUT2D eigenvalue weighted by atomic mass is 32.2. The van der Waals surface area contributed by atoms with Crippen LogP contribution in [0.2, 0.25) is 0 Å². The molecule has 2 rings (SSSR count). The predicted molar refractivity (Wildman–Crippen MR) is 64.9 cm³/mol. The lowest BCUT2D eigenvalue weighted by molar-refractivity contribution is 0.251. The van der Waals surface area contributed by atoms with Crippen molar-refractivity contribution in [2.24, 2.45) is 11.7 Å². The molecule has 0 saturated carbocycles. The van der Waals surface area contributed by atoms with Crippen molar-refractivity contribution in [3.63, 3.8) is 0 Å². The van der Waals surface area contributed by atoms with E-state index in [1.165, 1.54) is 0 Å². The Morgan fingerprint density at radius 2 is 2.24 bits per heavy atom. The Balaban J connectivity index is 2.17. The van der Waals surface area contributed by atoms with Crippen LogP contribution in [-0.4, -0.2) is 19.9 Å². The normalized spacial score (nSPS) is 24.7. The number of hydrogen-bond donors (Lipinski definition) is 1. The van der Waals surface area contributed by atoms with Gasteiger partial charge >= 0.3 is 0 Å². The zero-order valence-corrected chi connectivity index (χ0v) is 10.3.